The van der Waals surface area contributed by atoms with E-state index in [1.807, 2.05) is 0 Å². The molecule has 0 spiro atoms. The summed E-state index contributed by atoms with van der Waals surface area (Å²) < 4.78 is 71.5. The molecule has 0 bridgehead atoms. The second-order valence-electron chi connectivity index (χ2n) is 10.1. The smallest absolute Gasteiger partial charge is 0.305 e. The SMILES string of the molecule is CCCCCCC(=O)OCCOCCOCCOCCOCCOCCOCCOCCOCCOCCOCCOCCOCCI. The zero-order valence-electron chi connectivity index (χ0n) is 29.5. The molecule has 0 atom stereocenters. The van der Waals surface area contributed by atoms with Crippen molar-refractivity contribution in [3.63, 3.8) is 0 Å². The third kappa shape index (κ3) is 43.7. The van der Waals surface area contributed by atoms with Gasteiger partial charge in [-0.05, 0) is 6.42 Å². The number of ether oxygens (including phenoxy) is 13. The van der Waals surface area contributed by atoms with Gasteiger partial charge in [0.1, 0.15) is 6.61 Å². The zero-order chi connectivity index (χ0) is 34.7. The number of unbranched alkanes of at least 4 members (excludes halogenated alkanes) is 3. The average molecular weight is 813 g/mol. The number of halogens is 1. The quantitative estimate of drug-likeness (QED) is 0.0386. The molecule has 0 N–H and O–H groups in total. The summed E-state index contributed by atoms with van der Waals surface area (Å²) in [6, 6.07) is 0. The zero-order valence-corrected chi connectivity index (χ0v) is 31.7. The molecule has 0 rings (SSSR count). The van der Waals surface area contributed by atoms with Crippen molar-refractivity contribution < 1.29 is 66.4 Å². The lowest BCUT2D eigenvalue weighted by Crippen LogP contribution is -2.15. The predicted molar refractivity (Wildman–Crippen MR) is 188 cm³/mol. The number of hydrogen-bond acceptors (Lipinski definition) is 14. The molecule has 0 aromatic rings. The van der Waals surface area contributed by atoms with Gasteiger partial charge in [-0.1, -0.05) is 48.8 Å². The molecule has 0 aromatic carbocycles. The van der Waals surface area contributed by atoms with E-state index in [0.29, 0.717) is 158 Å². The van der Waals surface area contributed by atoms with E-state index in [0.717, 1.165) is 36.7 Å². The molecule has 0 aliphatic carbocycles. The van der Waals surface area contributed by atoms with Crippen LogP contribution in [0.15, 0.2) is 0 Å². The maximum atomic E-state index is 11.5. The summed E-state index contributed by atoms with van der Waals surface area (Å²) in [7, 11) is 0. The van der Waals surface area contributed by atoms with Crippen molar-refractivity contribution in [2.24, 2.45) is 0 Å². The van der Waals surface area contributed by atoms with Gasteiger partial charge in [0.05, 0.1) is 159 Å². The van der Waals surface area contributed by atoms with Crippen LogP contribution in [0.25, 0.3) is 0 Å². The van der Waals surface area contributed by atoms with Gasteiger partial charge in [-0.2, -0.15) is 0 Å². The van der Waals surface area contributed by atoms with Gasteiger partial charge in [-0.15, -0.1) is 0 Å². The molecule has 0 heterocycles. The van der Waals surface area contributed by atoms with Crippen molar-refractivity contribution in [1.82, 2.24) is 0 Å². The van der Waals surface area contributed by atoms with Crippen LogP contribution in [0.1, 0.15) is 39.0 Å². The van der Waals surface area contributed by atoms with E-state index >= 15 is 0 Å². The molecule has 0 fully saturated rings. The summed E-state index contributed by atoms with van der Waals surface area (Å²) in [4.78, 5) is 11.5. The molecule has 0 amide bonds. The highest BCUT2D eigenvalue weighted by Crippen LogP contribution is 2.03. The Labute approximate surface area is 302 Å². The normalized spacial score (nSPS) is 11.5. The second kappa shape index (κ2) is 44.7. The number of rotatable bonds is 43. The Morgan fingerprint density at radius 3 is 0.854 bits per heavy atom. The minimum absolute atomic E-state index is 0.152. The third-order valence-electron chi connectivity index (χ3n) is 6.04. The van der Waals surface area contributed by atoms with Crippen molar-refractivity contribution in [2.75, 3.05) is 170 Å². The predicted octanol–water partition coefficient (Wildman–Crippen LogP) is 3.13. The minimum atomic E-state index is -0.152. The van der Waals surface area contributed by atoms with Crippen LogP contribution in [-0.4, -0.2) is 176 Å². The van der Waals surface area contributed by atoms with Gasteiger partial charge in [0.2, 0.25) is 0 Å². The van der Waals surface area contributed by atoms with Crippen molar-refractivity contribution in [1.29, 1.82) is 0 Å². The van der Waals surface area contributed by atoms with E-state index in [4.69, 9.17) is 61.6 Å². The van der Waals surface area contributed by atoms with Gasteiger partial charge in [0.15, 0.2) is 0 Å². The maximum Gasteiger partial charge on any atom is 0.305 e. The standard InChI is InChI=1S/C33H65IO14/c1-2-3-4-5-6-33(35)48-32-31-47-30-29-46-28-27-45-26-25-44-24-23-43-22-21-42-20-19-41-18-17-40-16-15-39-14-13-38-12-11-37-10-9-36-8-7-34/h2-32H2,1H3. The van der Waals surface area contributed by atoms with Gasteiger partial charge in [0, 0.05) is 10.8 Å². The van der Waals surface area contributed by atoms with Crippen molar-refractivity contribution >= 4 is 28.6 Å². The number of carbonyl (C=O) groups is 1. The van der Waals surface area contributed by atoms with Crippen LogP contribution < -0.4 is 0 Å². The molecule has 15 heteroatoms. The van der Waals surface area contributed by atoms with Crippen LogP contribution in [0.5, 0.6) is 0 Å². The second-order valence-corrected chi connectivity index (χ2v) is 11.1. The van der Waals surface area contributed by atoms with Crippen molar-refractivity contribution in [2.45, 2.75) is 39.0 Å². The fourth-order valence-corrected chi connectivity index (χ4v) is 3.87. The molecule has 288 valence electrons. The Morgan fingerprint density at radius 2 is 0.604 bits per heavy atom. The molecule has 0 aliphatic rings. The first kappa shape index (κ1) is 47.7. The summed E-state index contributed by atoms with van der Waals surface area (Å²) in [5.41, 5.74) is 0. The maximum absolute atomic E-state index is 11.5. The molecule has 48 heavy (non-hydrogen) atoms. The first-order valence-corrected chi connectivity index (χ1v) is 19.0. The summed E-state index contributed by atoms with van der Waals surface area (Å²) in [6.07, 6.45) is 4.76. The van der Waals surface area contributed by atoms with Crippen LogP contribution >= 0.6 is 22.6 Å². The lowest BCUT2D eigenvalue weighted by molar-refractivity contribution is -0.145. The van der Waals surface area contributed by atoms with E-state index in [2.05, 4.69) is 29.5 Å². The largest absolute Gasteiger partial charge is 0.463 e. The van der Waals surface area contributed by atoms with Gasteiger partial charge < -0.3 is 61.6 Å². The number of alkyl halides is 1. The number of hydrogen-bond donors (Lipinski definition) is 0. The first-order chi connectivity index (χ1) is 23.8. The molecule has 0 radical (unpaired) electrons. The van der Waals surface area contributed by atoms with Crippen LogP contribution in [0.2, 0.25) is 0 Å². The number of esters is 1. The fourth-order valence-electron chi connectivity index (χ4n) is 3.56. The lowest BCUT2D eigenvalue weighted by Gasteiger charge is -2.09. The molecule has 0 saturated heterocycles. The van der Waals surface area contributed by atoms with Crippen molar-refractivity contribution in [3.05, 3.63) is 0 Å². The van der Waals surface area contributed by atoms with E-state index in [1.165, 1.54) is 0 Å². The first-order valence-electron chi connectivity index (χ1n) is 17.5. The molecule has 0 saturated carbocycles. The van der Waals surface area contributed by atoms with Gasteiger partial charge in [-0.25, -0.2) is 0 Å². The van der Waals surface area contributed by atoms with Crippen molar-refractivity contribution in [3.8, 4) is 0 Å². The van der Waals surface area contributed by atoms with E-state index in [9.17, 15) is 4.79 Å². The van der Waals surface area contributed by atoms with Gasteiger partial charge >= 0.3 is 5.97 Å². The summed E-state index contributed by atoms with van der Waals surface area (Å²) in [6.45, 7) is 14.9. The molecule has 0 aliphatic heterocycles. The van der Waals surface area contributed by atoms with E-state index in [1.54, 1.807) is 0 Å². The van der Waals surface area contributed by atoms with Gasteiger partial charge in [0.25, 0.3) is 0 Å². The summed E-state index contributed by atoms with van der Waals surface area (Å²) in [5, 5.41) is 0. The Bertz CT molecular complexity index is 609. The summed E-state index contributed by atoms with van der Waals surface area (Å²) >= 11 is 2.28. The van der Waals surface area contributed by atoms with E-state index < -0.39 is 0 Å². The highest BCUT2D eigenvalue weighted by atomic mass is 127. The molecular weight excluding hydrogens is 747 g/mol. The molecule has 14 nitrogen and oxygen atoms in total. The fraction of sp³-hybridized carbons (Fsp3) is 0.970. The Balaban J connectivity index is 3.07. The monoisotopic (exact) mass is 812 g/mol. The van der Waals surface area contributed by atoms with Crippen LogP contribution in [0.3, 0.4) is 0 Å². The third-order valence-corrected chi connectivity index (χ3v) is 6.48. The van der Waals surface area contributed by atoms with E-state index in [-0.39, 0.29) is 12.6 Å². The average Bonchev–Trinajstić information content (AvgIpc) is 3.09. The topological polar surface area (TPSA) is 137 Å². The Hall–Kier alpha value is -0.280. The van der Waals surface area contributed by atoms with Gasteiger partial charge in [-0.3, -0.25) is 4.79 Å². The molecular formula is C33H65IO14. The van der Waals surface area contributed by atoms with Crippen LogP contribution in [0.4, 0.5) is 0 Å². The highest BCUT2D eigenvalue weighted by Gasteiger charge is 2.02. The van der Waals surface area contributed by atoms with Crippen LogP contribution in [-0.2, 0) is 66.4 Å². The van der Waals surface area contributed by atoms with Crippen LogP contribution in [0, 0.1) is 0 Å². The number of carbonyl (C=O) groups excluding carboxylic acids is 1. The Morgan fingerprint density at radius 1 is 0.354 bits per heavy atom. The summed E-state index contributed by atoms with van der Waals surface area (Å²) in [5.74, 6) is -0.152. The molecule has 0 unspecified atom stereocenters. The lowest BCUT2D eigenvalue weighted by atomic mass is 10.2. The molecule has 0 aromatic heterocycles. The highest BCUT2D eigenvalue weighted by molar-refractivity contribution is 14.1. The Kier molecular flexibility index (Phi) is 44.5. The minimum Gasteiger partial charge on any atom is -0.463 e.